The summed E-state index contributed by atoms with van der Waals surface area (Å²) in [6.45, 7) is 4.06. The molecule has 2 aliphatic rings. The highest BCUT2D eigenvalue weighted by Crippen LogP contribution is 2.42. The van der Waals surface area contributed by atoms with E-state index in [1.54, 1.807) is 0 Å². The van der Waals surface area contributed by atoms with Crippen molar-refractivity contribution in [3.63, 3.8) is 0 Å². The number of hydrogen-bond acceptors (Lipinski definition) is 7. The number of nitrogens with zero attached hydrogens (tertiary/aromatic N) is 3. The molecular weight excluding hydrogens is 432 g/mol. The number of aryl methyl sites for hydroxylation is 2. The fourth-order valence-corrected chi connectivity index (χ4v) is 4.96. The van der Waals surface area contributed by atoms with Gasteiger partial charge in [0.2, 0.25) is 5.91 Å². The molecule has 0 spiro atoms. The average molecular weight is 459 g/mol. The Labute approximate surface area is 196 Å². The number of furan rings is 1. The molecule has 1 aromatic carbocycles. The fourth-order valence-electron chi connectivity index (χ4n) is 4.96. The summed E-state index contributed by atoms with van der Waals surface area (Å²) >= 11 is 0. The minimum Gasteiger partial charge on any atom is -0.454 e. The maximum absolute atomic E-state index is 11.6. The van der Waals surface area contributed by atoms with E-state index in [0.717, 1.165) is 47.8 Å². The highest BCUT2D eigenvalue weighted by molar-refractivity contribution is 6.10. The second kappa shape index (κ2) is 8.35. The van der Waals surface area contributed by atoms with Crippen LogP contribution >= 0.6 is 0 Å². The van der Waals surface area contributed by atoms with Gasteiger partial charge in [-0.1, -0.05) is 17.7 Å². The van der Waals surface area contributed by atoms with E-state index < -0.39 is 5.91 Å². The van der Waals surface area contributed by atoms with Crippen LogP contribution in [-0.4, -0.2) is 27.5 Å². The number of benzene rings is 1. The first-order chi connectivity index (χ1) is 16.4. The molecule has 0 atom stereocenters. The van der Waals surface area contributed by atoms with Crippen LogP contribution in [0.2, 0.25) is 0 Å². The molecule has 0 unspecified atom stereocenters. The van der Waals surface area contributed by atoms with E-state index in [9.17, 15) is 9.59 Å². The Kier molecular flexibility index (Phi) is 5.34. The normalized spacial score (nSPS) is 20.2. The smallest absolute Gasteiger partial charge is 0.241 e. The number of fused-ring (bicyclic) bond motifs is 2. The summed E-state index contributed by atoms with van der Waals surface area (Å²) in [5.41, 5.74) is 18.9. The van der Waals surface area contributed by atoms with Crippen molar-refractivity contribution in [2.45, 2.75) is 45.6 Å². The van der Waals surface area contributed by atoms with E-state index in [4.69, 9.17) is 21.0 Å². The van der Waals surface area contributed by atoms with Gasteiger partial charge >= 0.3 is 0 Å². The second-order valence-corrected chi connectivity index (χ2v) is 8.99. The molecule has 1 amide bonds. The molecule has 5 N–H and O–H groups in total. The zero-order chi connectivity index (χ0) is 24.0. The van der Waals surface area contributed by atoms with Gasteiger partial charge in [-0.05, 0) is 63.7 Å². The lowest BCUT2D eigenvalue weighted by Crippen LogP contribution is -2.25. The molecule has 3 aromatic rings. The summed E-state index contributed by atoms with van der Waals surface area (Å²) < 4.78 is 8.27. The molecule has 174 valence electrons. The monoisotopic (exact) mass is 458 g/mol. The van der Waals surface area contributed by atoms with Crippen molar-refractivity contribution in [3.8, 4) is 11.5 Å². The molecular formula is C25H26N6O3. The van der Waals surface area contributed by atoms with Crippen molar-refractivity contribution in [2.75, 3.05) is 0 Å². The summed E-state index contributed by atoms with van der Waals surface area (Å²) in [5.74, 6) is 2.64. The number of amidine groups is 1. The number of aromatic nitrogens is 2. The van der Waals surface area contributed by atoms with Crippen molar-refractivity contribution in [1.29, 1.82) is 0 Å². The Balaban J connectivity index is 1.64. The van der Waals surface area contributed by atoms with E-state index in [2.05, 4.69) is 16.6 Å². The van der Waals surface area contributed by atoms with E-state index in [1.807, 2.05) is 42.7 Å². The molecule has 1 saturated carbocycles. The SMILES string of the molecule is Cc1ccc2oc(-c3c4c(nn3C3CCC(C=CC(N)=O)CC3)C(=C=O)NN=C4N)c(C)c2c1. The molecule has 9 heteroatoms. The number of allylic oxidation sites excluding steroid dienone is 1. The molecule has 0 saturated heterocycles. The zero-order valence-electron chi connectivity index (χ0n) is 19.1. The first kappa shape index (κ1) is 21.7. The van der Waals surface area contributed by atoms with Gasteiger partial charge in [0.1, 0.15) is 17.0 Å². The summed E-state index contributed by atoms with van der Waals surface area (Å²) in [5, 5.41) is 9.96. The van der Waals surface area contributed by atoms with Crippen LogP contribution < -0.4 is 16.9 Å². The van der Waals surface area contributed by atoms with Crippen LogP contribution in [0.15, 0.2) is 39.9 Å². The number of amides is 1. The van der Waals surface area contributed by atoms with Gasteiger partial charge in [-0.25, -0.2) is 4.79 Å². The summed E-state index contributed by atoms with van der Waals surface area (Å²) in [7, 11) is 0. The number of primary amides is 1. The van der Waals surface area contributed by atoms with Crippen molar-refractivity contribution in [2.24, 2.45) is 22.5 Å². The van der Waals surface area contributed by atoms with Crippen LogP contribution in [0.3, 0.4) is 0 Å². The molecule has 1 fully saturated rings. The van der Waals surface area contributed by atoms with Gasteiger partial charge in [0, 0.05) is 10.9 Å². The summed E-state index contributed by atoms with van der Waals surface area (Å²) in [6.07, 6.45) is 6.77. The maximum atomic E-state index is 11.6. The number of nitrogens with two attached hydrogens (primary N) is 2. The molecule has 0 bridgehead atoms. The fraction of sp³-hybridized carbons (Fsp3) is 0.320. The largest absolute Gasteiger partial charge is 0.454 e. The van der Waals surface area contributed by atoms with Crippen LogP contribution in [0, 0.1) is 19.8 Å². The molecule has 2 aromatic heterocycles. The van der Waals surface area contributed by atoms with Crippen LogP contribution in [0.25, 0.3) is 28.1 Å². The van der Waals surface area contributed by atoms with Gasteiger partial charge in [-0.2, -0.15) is 10.2 Å². The Hall–Kier alpha value is -4.10. The van der Waals surface area contributed by atoms with Crippen molar-refractivity contribution < 1.29 is 14.0 Å². The number of rotatable bonds is 4. The van der Waals surface area contributed by atoms with Crippen LogP contribution in [0.1, 0.15) is 54.1 Å². The van der Waals surface area contributed by atoms with Gasteiger partial charge < -0.3 is 15.9 Å². The lowest BCUT2D eigenvalue weighted by Gasteiger charge is -2.28. The zero-order valence-corrected chi connectivity index (χ0v) is 19.1. The van der Waals surface area contributed by atoms with Crippen LogP contribution in [-0.2, 0) is 9.59 Å². The molecule has 5 rings (SSSR count). The number of hydrogen-bond donors (Lipinski definition) is 3. The Morgan fingerprint density at radius 2 is 2.03 bits per heavy atom. The number of carbonyl (C=O) groups excluding carboxylic acids is 2. The molecule has 1 aliphatic carbocycles. The Morgan fingerprint density at radius 3 is 2.74 bits per heavy atom. The summed E-state index contributed by atoms with van der Waals surface area (Å²) in [4.78, 5) is 22.7. The third kappa shape index (κ3) is 3.60. The predicted octanol–water partition coefficient (Wildman–Crippen LogP) is 3.08. The third-order valence-corrected chi connectivity index (χ3v) is 6.72. The van der Waals surface area contributed by atoms with E-state index in [1.165, 1.54) is 6.08 Å². The molecule has 0 radical (unpaired) electrons. The number of hydrazone groups is 1. The van der Waals surface area contributed by atoms with Crippen LogP contribution in [0.5, 0.6) is 0 Å². The molecule has 3 heterocycles. The first-order valence-corrected chi connectivity index (χ1v) is 11.3. The van der Waals surface area contributed by atoms with Gasteiger partial charge in [-0.15, -0.1) is 0 Å². The first-order valence-electron chi connectivity index (χ1n) is 11.3. The van der Waals surface area contributed by atoms with Gasteiger partial charge in [0.05, 0.1) is 11.6 Å². The highest BCUT2D eigenvalue weighted by atomic mass is 16.3. The van der Waals surface area contributed by atoms with Crippen molar-refractivity contribution in [1.82, 2.24) is 15.2 Å². The van der Waals surface area contributed by atoms with E-state index in [-0.39, 0.29) is 23.5 Å². The lowest BCUT2D eigenvalue weighted by atomic mass is 9.85. The van der Waals surface area contributed by atoms with Crippen molar-refractivity contribution >= 4 is 34.4 Å². The minimum absolute atomic E-state index is 0.0638. The van der Waals surface area contributed by atoms with E-state index in [0.29, 0.717) is 22.7 Å². The maximum Gasteiger partial charge on any atom is 0.241 e. The third-order valence-electron chi connectivity index (χ3n) is 6.72. The second-order valence-electron chi connectivity index (χ2n) is 8.99. The number of carbonyl (C=O) groups is 1. The van der Waals surface area contributed by atoms with Gasteiger partial charge in [0.25, 0.3) is 0 Å². The molecule has 9 nitrogen and oxygen atoms in total. The number of nitrogens with one attached hydrogen (secondary N) is 1. The quantitative estimate of drug-likeness (QED) is 0.405. The Morgan fingerprint density at radius 1 is 1.26 bits per heavy atom. The minimum atomic E-state index is -0.435. The topological polar surface area (TPSA) is 142 Å². The van der Waals surface area contributed by atoms with Gasteiger partial charge in [0.15, 0.2) is 23.2 Å². The highest BCUT2D eigenvalue weighted by Gasteiger charge is 2.34. The molecule has 1 aliphatic heterocycles. The lowest BCUT2D eigenvalue weighted by molar-refractivity contribution is -0.113. The van der Waals surface area contributed by atoms with Gasteiger partial charge in [-0.3, -0.25) is 14.9 Å². The van der Waals surface area contributed by atoms with Crippen molar-refractivity contribution in [3.05, 3.63) is 52.7 Å². The summed E-state index contributed by atoms with van der Waals surface area (Å²) in [6, 6.07) is 6.13. The standard InChI is InChI=1S/C25H26N6O3/c1-13-3-9-19-17(11-13)14(2)24(34-19)23-21-22(18(12-32)28-29-25(21)27)30-31(23)16-7-4-15(5-8-16)6-10-20(26)33/h3,6,9-11,15-16,28H,4-5,7-8H2,1-2H3,(H2,26,33)(H2,27,29). The average Bonchev–Trinajstić information content (AvgIpc) is 3.37. The Bertz CT molecular complexity index is 1410. The van der Waals surface area contributed by atoms with Crippen LogP contribution in [0.4, 0.5) is 0 Å². The predicted molar refractivity (Wildman–Crippen MR) is 129 cm³/mol. The molecule has 34 heavy (non-hydrogen) atoms. The van der Waals surface area contributed by atoms with E-state index >= 15 is 0 Å².